The first kappa shape index (κ1) is 15.0. The van der Waals surface area contributed by atoms with Gasteiger partial charge in [0.25, 0.3) is 0 Å². The zero-order valence-electron chi connectivity index (χ0n) is 13.4. The zero-order valence-corrected chi connectivity index (χ0v) is 14.4. The van der Waals surface area contributed by atoms with Crippen LogP contribution in [0.15, 0.2) is 0 Å². The molecule has 3 rings (SSSR count). The molecule has 0 spiro atoms. The maximum absolute atomic E-state index is 10.3. The molecule has 0 amide bonds. The lowest BCUT2D eigenvalue weighted by molar-refractivity contribution is 0.333. The van der Waals surface area contributed by atoms with Crippen LogP contribution in [0.3, 0.4) is 0 Å². The third-order valence-corrected chi connectivity index (χ3v) is 9.14. The van der Waals surface area contributed by atoms with Crippen molar-refractivity contribution < 1.29 is 10.2 Å². The molecule has 0 atom stereocenters. The summed E-state index contributed by atoms with van der Waals surface area (Å²) in [5.41, 5.74) is 1.97. The Morgan fingerprint density at radius 1 is 0.952 bits per heavy atom. The van der Waals surface area contributed by atoms with Gasteiger partial charge in [-0.3, -0.25) is 4.57 Å². The summed E-state index contributed by atoms with van der Waals surface area (Å²) in [6.07, 6.45) is 6.60. The highest BCUT2D eigenvalue weighted by Crippen LogP contribution is 2.39. The van der Waals surface area contributed by atoms with Crippen LogP contribution in [0.1, 0.15) is 36.8 Å². The van der Waals surface area contributed by atoms with Crippen LogP contribution < -0.4 is 0 Å². The molecule has 0 aromatic carbocycles. The minimum atomic E-state index is -1.19. The van der Waals surface area contributed by atoms with Gasteiger partial charge in [0.15, 0.2) is 11.8 Å². The molecule has 5 heteroatoms. The molecular formula is C16H28N2O2Si. The molecule has 1 aliphatic heterocycles. The Morgan fingerprint density at radius 3 is 2.24 bits per heavy atom. The molecule has 0 saturated carbocycles. The summed E-state index contributed by atoms with van der Waals surface area (Å²) in [4.78, 5) is 0. The van der Waals surface area contributed by atoms with E-state index in [-0.39, 0.29) is 0 Å². The van der Waals surface area contributed by atoms with E-state index in [0.717, 1.165) is 49.9 Å². The standard InChI is InChI=1S/C16H28N2O2Si/c1-21(2)12-4-3-9-17(21)10-6-11-18-15(19)13-7-5-8-14(13)16(18)20/h19-20H,3-12H2,1-2H3. The van der Waals surface area contributed by atoms with E-state index >= 15 is 0 Å². The number of hydrogen-bond donors (Lipinski definition) is 2. The summed E-state index contributed by atoms with van der Waals surface area (Å²) in [6, 6.07) is 1.40. The van der Waals surface area contributed by atoms with Crippen molar-refractivity contribution in [3.05, 3.63) is 11.1 Å². The molecule has 1 aromatic rings. The normalized spacial score (nSPS) is 21.6. The first-order valence-corrected chi connectivity index (χ1v) is 11.5. The van der Waals surface area contributed by atoms with Crippen LogP contribution in [-0.4, -0.2) is 40.7 Å². The molecule has 1 aliphatic carbocycles. The lowest BCUT2D eigenvalue weighted by Crippen LogP contribution is -2.52. The second kappa shape index (κ2) is 5.69. The van der Waals surface area contributed by atoms with Crippen molar-refractivity contribution in [3.63, 3.8) is 0 Å². The lowest BCUT2D eigenvalue weighted by atomic mass is 10.2. The third-order valence-electron chi connectivity index (χ3n) is 5.40. The molecule has 0 bridgehead atoms. The number of fused-ring (bicyclic) bond motifs is 1. The van der Waals surface area contributed by atoms with E-state index in [1.54, 1.807) is 4.57 Å². The largest absolute Gasteiger partial charge is 0.494 e. The number of hydrogen-bond acceptors (Lipinski definition) is 3. The van der Waals surface area contributed by atoms with Crippen LogP contribution in [0, 0.1) is 0 Å². The Bertz CT molecular complexity index is 497. The molecule has 0 radical (unpaired) electrons. The molecule has 1 fully saturated rings. The van der Waals surface area contributed by atoms with Crippen LogP contribution in [0.2, 0.25) is 19.1 Å². The van der Waals surface area contributed by atoms with Crippen LogP contribution in [-0.2, 0) is 19.4 Å². The topological polar surface area (TPSA) is 48.6 Å². The fourth-order valence-electron chi connectivity index (χ4n) is 4.03. The predicted molar refractivity (Wildman–Crippen MR) is 87.5 cm³/mol. The minimum Gasteiger partial charge on any atom is -0.494 e. The van der Waals surface area contributed by atoms with E-state index in [4.69, 9.17) is 0 Å². The SMILES string of the molecule is C[Si]1(C)CCCCN1CCCn1c(O)c2c(c1O)CCC2. The summed E-state index contributed by atoms with van der Waals surface area (Å²) in [7, 11) is -1.19. The Balaban J connectivity index is 1.61. The van der Waals surface area contributed by atoms with E-state index in [0.29, 0.717) is 11.8 Å². The Labute approximate surface area is 128 Å². The summed E-state index contributed by atoms with van der Waals surface area (Å²) < 4.78 is 4.42. The maximum Gasteiger partial charge on any atom is 0.197 e. The molecule has 0 unspecified atom stereocenters. The summed E-state index contributed by atoms with van der Waals surface area (Å²) >= 11 is 0. The smallest absolute Gasteiger partial charge is 0.197 e. The van der Waals surface area contributed by atoms with Gasteiger partial charge < -0.3 is 14.8 Å². The van der Waals surface area contributed by atoms with Gasteiger partial charge in [0.2, 0.25) is 0 Å². The second-order valence-corrected chi connectivity index (χ2v) is 12.0. The van der Waals surface area contributed by atoms with E-state index in [9.17, 15) is 10.2 Å². The molecule has 21 heavy (non-hydrogen) atoms. The van der Waals surface area contributed by atoms with Gasteiger partial charge in [-0.15, -0.1) is 0 Å². The van der Waals surface area contributed by atoms with E-state index in [1.807, 2.05) is 0 Å². The Kier molecular flexibility index (Phi) is 4.05. The lowest BCUT2D eigenvalue weighted by Gasteiger charge is -2.41. The van der Waals surface area contributed by atoms with Crippen molar-refractivity contribution in [1.82, 2.24) is 9.13 Å². The quantitative estimate of drug-likeness (QED) is 0.840. The van der Waals surface area contributed by atoms with E-state index in [1.165, 1.54) is 25.4 Å². The van der Waals surface area contributed by atoms with Crippen molar-refractivity contribution in [2.24, 2.45) is 0 Å². The van der Waals surface area contributed by atoms with Crippen molar-refractivity contribution in [2.75, 3.05) is 13.1 Å². The zero-order chi connectivity index (χ0) is 15.0. The molecule has 4 nitrogen and oxygen atoms in total. The molecule has 2 heterocycles. The fourth-order valence-corrected chi connectivity index (χ4v) is 6.99. The second-order valence-electron chi connectivity index (χ2n) is 7.22. The number of aromatic hydroxyl groups is 2. The fraction of sp³-hybridized carbons (Fsp3) is 0.750. The average molecular weight is 308 g/mol. The first-order valence-electron chi connectivity index (χ1n) is 8.38. The van der Waals surface area contributed by atoms with Gasteiger partial charge in [0.05, 0.1) is 0 Å². The molecule has 118 valence electrons. The summed E-state index contributed by atoms with van der Waals surface area (Å²) in [5.74, 6) is 0.630. The number of rotatable bonds is 4. The van der Waals surface area contributed by atoms with Crippen molar-refractivity contribution in [3.8, 4) is 11.8 Å². The van der Waals surface area contributed by atoms with Gasteiger partial charge in [-0.25, -0.2) is 0 Å². The van der Waals surface area contributed by atoms with Crippen LogP contribution in [0.25, 0.3) is 0 Å². The maximum atomic E-state index is 10.3. The molecule has 1 saturated heterocycles. The molecular weight excluding hydrogens is 280 g/mol. The van der Waals surface area contributed by atoms with Crippen molar-refractivity contribution in [2.45, 2.75) is 64.2 Å². The molecule has 2 aliphatic rings. The minimum absolute atomic E-state index is 0.315. The molecule has 1 aromatic heterocycles. The Morgan fingerprint density at radius 2 is 1.62 bits per heavy atom. The third kappa shape index (κ3) is 2.73. The van der Waals surface area contributed by atoms with Crippen LogP contribution in [0.5, 0.6) is 11.8 Å². The predicted octanol–water partition coefficient (Wildman–Crippen LogP) is 3.08. The van der Waals surface area contributed by atoms with E-state index < -0.39 is 8.24 Å². The van der Waals surface area contributed by atoms with Gasteiger partial charge in [0, 0.05) is 17.7 Å². The summed E-state index contributed by atoms with van der Waals surface area (Å²) in [6.45, 7) is 7.99. The monoisotopic (exact) mass is 308 g/mol. The first-order chi connectivity index (χ1) is 10.0. The van der Waals surface area contributed by atoms with Crippen LogP contribution >= 0.6 is 0 Å². The van der Waals surface area contributed by atoms with Gasteiger partial charge in [-0.2, -0.15) is 0 Å². The van der Waals surface area contributed by atoms with Gasteiger partial charge in [-0.1, -0.05) is 19.5 Å². The highest BCUT2D eigenvalue weighted by atomic mass is 28.3. The van der Waals surface area contributed by atoms with Crippen molar-refractivity contribution in [1.29, 1.82) is 0 Å². The van der Waals surface area contributed by atoms with E-state index in [2.05, 4.69) is 17.7 Å². The Hall–Kier alpha value is -0.943. The number of nitrogens with zero attached hydrogens (tertiary/aromatic N) is 2. The van der Waals surface area contributed by atoms with Gasteiger partial charge >= 0.3 is 0 Å². The highest BCUT2D eigenvalue weighted by Gasteiger charge is 2.31. The highest BCUT2D eigenvalue weighted by molar-refractivity contribution is 6.74. The van der Waals surface area contributed by atoms with Gasteiger partial charge in [0.1, 0.15) is 8.24 Å². The van der Waals surface area contributed by atoms with Gasteiger partial charge in [-0.05, 0) is 51.2 Å². The van der Waals surface area contributed by atoms with Crippen molar-refractivity contribution >= 4 is 8.24 Å². The average Bonchev–Trinajstić information content (AvgIpc) is 2.99. The number of aromatic nitrogens is 1. The summed E-state index contributed by atoms with van der Waals surface area (Å²) in [5, 5.41) is 20.5. The van der Waals surface area contributed by atoms with Crippen LogP contribution in [0.4, 0.5) is 0 Å². The molecule has 2 N–H and O–H groups in total.